The van der Waals surface area contributed by atoms with Gasteiger partial charge in [0.1, 0.15) is 0 Å². The lowest BCUT2D eigenvalue weighted by molar-refractivity contribution is -0.140. The highest BCUT2D eigenvalue weighted by atomic mass is 16.4. The van der Waals surface area contributed by atoms with Crippen LogP contribution in [0, 0.1) is 5.92 Å². The summed E-state index contributed by atoms with van der Waals surface area (Å²) in [4.78, 5) is 24.8. The van der Waals surface area contributed by atoms with Crippen LogP contribution < -0.4 is 5.32 Å². The number of aliphatic hydroxyl groups is 1. The average Bonchev–Trinajstić information content (AvgIpc) is 2.43. The summed E-state index contributed by atoms with van der Waals surface area (Å²) >= 11 is 0. The molecule has 0 bridgehead atoms. The summed E-state index contributed by atoms with van der Waals surface area (Å²) < 4.78 is 0. The van der Waals surface area contributed by atoms with Gasteiger partial charge in [0.25, 0.3) is 0 Å². The maximum absolute atomic E-state index is 12.2. The number of nitrogens with zero attached hydrogens (tertiary/aromatic N) is 1. The van der Waals surface area contributed by atoms with Gasteiger partial charge in [-0.1, -0.05) is 12.8 Å². The third kappa shape index (κ3) is 3.18. The number of carboxylic acids is 1. The number of aliphatic hydroxyl groups excluding tert-OH is 1. The first kappa shape index (κ1) is 14.1. The molecule has 0 aromatic heterocycles. The van der Waals surface area contributed by atoms with Crippen molar-refractivity contribution < 1.29 is 19.8 Å². The van der Waals surface area contributed by atoms with Gasteiger partial charge in [-0.25, -0.2) is 9.59 Å². The number of urea groups is 1. The molecule has 3 N–H and O–H groups in total. The van der Waals surface area contributed by atoms with Gasteiger partial charge in [0, 0.05) is 12.6 Å². The Morgan fingerprint density at radius 2 is 1.89 bits per heavy atom. The molecule has 1 aliphatic heterocycles. The number of amides is 2. The van der Waals surface area contributed by atoms with Crippen molar-refractivity contribution in [2.45, 2.75) is 50.6 Å². The lowest BCUT2D eigenvalue weighted by Crippen LogP contribution is -2.56. The van der Waals surface area contributed by atoms with Crippen LogP contribution in [0.3, 0.4) is 0 Å². The first-order valence-electron chi connectivity index (χ1n) is 7.04. The zero-order valence-corrected chi connectivity index (χ0v) is 11.0. The second-order valence-corrected chi connectivity index (χ2v) is 5.47. The molecule has 2 rings (SSSR count). The van der Waals surface area contributed by atoms with E-state index in [0.717, 1.165) is 32.1 Å². The number of rotatable bonds is 3. The van der Waals surface area contributed by atoms with Gasteiger partial charge >= 0.3 is 12.0 Å². The van der Waals surface area contributed by atoms with E-state index in [4.69, 9.17) is 10.2 Å². The summed E-state index contributed by atoms with van der Waals surface area (Å²) in [6, 6.07) is -1.31. The zero-order valence-electron chi connectivity index (χ0n) is 11.0. The number of aliphatic carboxylic acids is 1. The number of fused-ring (bicyclic) bond motifs is 1. The molecule has 6 nitrogen and oxygen atoms in total. The molecule has 0 spiro atoms. The standard InChI is InChI=1S/C13H22N2O4/c16-8-10(12(17)18)14-13(19)15-7-3-5-9-4-1-2-6-11(9)15/h9-11,16H,1-8H2,(H,14,19)(H,17,18)/t9-,10+,11-/m1/s1. The molecule has 19 heavy (non-hydrogen) atoms. The molecular weight excluding hydrogens is 248 g/mol. The Morgan fingerprint density at radius 3 is 2.58 bits per heavy atom. The molecule has 0 unspecified atom stereocenters. The van der Waals surface area contributed by atoms with Crippen molar-refractivity contribution in [3.05, 3.63) is 0 Å². The van der Waals surface area contributed by atoms with Crippen molar-refractivity contribution in [2.24, 2.45) is 5.92 Å². The van der Waals surface area contributed by atoms with Crippen LogP contribution in [0.2, 0.25) is 0 Å². The fourth-order valence-corrected chi connectivity index (χ4v) is 3.29. The first-order chi connectivity index (χ1) is 9.13. The maximum Gasteiger partial charge on any atom is 0.328 e. The highest BCUT2D eigenvalue weighted by Gasteiger charge is 2.36. The number of piperidine rings is 1. The Hall–Kier alpha value is -1.30. The number of carboxylic acid groups (broad SMARTS) is 1. The predicted molar refractivity (Wildman–Crippen MR) is 68.7 cm³/mol. The molecule has 0 aromatic carbocycles. The third-order valence-electron chi connectivity index (χ3n) is 4.28. The van der Waals surface area contributed by atoms with E-state index >= 15 is 0 Å². The van der Waals surface area contributed by atoms with Crippen LogP contribution in [0.5, 0.6) is 0 Å². The van der Waals surface area contributed by atoms with E-state index in [1.165, 1.54) is 6.42 Å². The number of nitrogens with one attached hydrogen (secondary N) is 1. The minimum absolute atomic E-state index is 0.246. The molecule has 2 fully saturated rings. The van der Waals surface area contributed by atoms with Gasteiger partial charge in [-0.3, -0.25) is 0 Å². The van der Waals surface area contributed by atoms with Gasteiger partial charge in [0.15, 0.2) is 6.04 Å². The molecule has 1 saturated heterocycles. The van der Waals surface area contributed by atoms with Crippen molar-refractivity contribution in [1.29, 1.82) is 0 Å². The molecule has 0 radical (unpaired) electrons. The van der Waals surface area contributed by atoms with Crippen LogP contribution in [-0.4, -0.2) is 52.3 Å². The van der Waals surface area contributed by atoms with Crippen molar-refractivity contribution in [3.8, 4) is 0 Å². The SMILES string of the molecule is O=C(O)[C@H](CO)NC(=O)N1CCC[C@H]2CCCC[C@H]21. The van der Waals surface area contributed by atoms with Crippen LogP contribution in [0.25, 0.3) is 0 Å². The Labute approximate surface area is 112 Å². The largest absolute Gasteiger partial charge is 0.480 e. The average molecular weight is 270 g/mol. The van der Waals surface area contributed by atoms with E-state index < -0.39 is 18.6 Å². The van der Waals surface area contributed by atoms with Crippen LogP contribution in [0.1, 0.15) is 38.5 Å². The topological polar surface area (TPSA) is 89.9 Å². The fraction of sp³-hybridized carbons (Fsp3) is 0.846. The molecule has 3 atom stereocenters. The summed E-state index contributed by atoms with van der Waals surface area (Å²) in [5.41, 5.74) is 0. The summed E-state index contributed by atoms with van der Waals surface area (Å²) in [5.74, 6) is -0.640. The monoisotopic (exact) mass is 270 g/mol. The van der Waals surface area contributed by atoms with Gasteiger partial charge in [-0.15, -0.1) is 0 Å². The van der Waals surface area contributed by atoms with E-state index in [0.29, 0.717) is 12.5 Å². The number of hydrogen-bond donors (Lipinski definition) is 3. The molecule has 0 aromatic rings. The molecule has 1 saturated carbocycles. The number of carbonyl (C=O) groups excluding carboxylic acids is 1. The highest BCUT2D eigenvalue weighted by Crippen LogP contribution is 2.35. The Balaban J connectivity index is 1.98. The highest BCUT2D eigenvalue weighted by molar-refractivity contribution is 5.82. The Kier molecular flexibility index (Phi) is 4.63. The van der Waals surface area contributed by atoms with Crippen LogP contribution in [0.4, 0.5) is 4.79 Å². The van der Waals surface area contributed by atoms with Crippen molar-refractivity contribution in [3.63, 3.8) is 0 Å². The molecular formula is C13H22N2O4. The maximum atomic E-state index is 12.2. The minimum Gasteiger partial charge on any atom is -0.480 e. The zero-order chi connectivity index (χ0) is 13.8. The Morgan fingerprint density at radius 1 is 1.21 bits per heavy atom. The second-order valence-electron chi connectivity index (χ2n) is 5.47. The van der Waals surface area contributed by atoms with Crippen LogP contribution in [0.15, 0.2) is 0 Å². The summed E-state index contributed by atoms with van der Waals surface area (Å²) in [6.45, 7) is 0.105. The quantitative estimate of drug-likeness (QED) is 0.707. The summed E-state index contributed by atoms with van der Waals surface area (Å²) in [7, 11) is 0. The number of hydrogen-bond acceptors (Lipinski definition) is 3. The Bertz CT molecular complexity index is 346. The van der Waals surface area contributed by atoms with E-state index in [1.54, 1.807) is 4.90 Å². The van der Waals surface area contributed by atoms with E-state index in [2.05, 4.69) is 5.32 Å². The van der Waals surface area contributed by atoms with Crippen molar-refractivity contribution in [2.75, 3.05) is 13.2 Å². The lowest BCUT2D eigenvalue weighted by atomic mass is 9.78. The molecule has 1 aliphatic carbocycles. The smallest absolute Gasteiger partial charge is 0.328 e. The first-order valence-corrected chi connectivity index (χ1v) is 7.04. The second kappa shape index (κ2) is 6.23. The lowest BCUT2D eigenvalue weighted by Gasteiger charge is -2.44. The van der Waals surface area contributed by atoms with Crippen molar-refractivity contribution in [1.82, 2.24) is 10.2 Å². The molecule has 6 heteroatoms. The van der Waals surface area contributed by atoms with Crippen LogP contribution in [-0.2, 0) is 4.79 Å². The van der Waals surface area contributed by atoms with Crippen molar-refractivity contribution >= 4 is 12.0 Å². The summed E-state index contributed by atoms with van der Waals surface area (Å²) in [6.07, 6.45) is 6.67. The minimum atomic E-state index is -1.21. The summed E-state index contributed by atoms with van der Waals surface area (Å²) in [5, 5.41) is 20.2. The van der Waals surface area contributed by atoms with Gasteiger partial charge in [0.05, 0.1) is 6.61 Å². The van der Waals surface area contributed by atoms with E-state index in [1.807, 2.05) is 0 Å². The van der Waals surface area contributed by atoms with Crippen LogP contribution >= 0.6 is 0 Å². The van der Waals surface area contributed by atoms with Gasteiger partial charge in [0.2, 0.25) is 0 Å². The fourth-order valence-electron chi connectivity index (χ4n) is 3.29. The van der Waals surface area contributed by atoms with Gasteiger partial charge in [-0.05, 0) is 31.6 Å². The van der Waals surface area contributed by atoms with Gasteiger partial charge in [-0.2, -0.15) is 0 Å². The number of carbonyl (C=O) groups is 2. The molecule has 2 aliphatic rings. The molecule has 1 heterocycles. The normalized spacial score (nSPS) is 28.4. The predicted octanol–water partition coefficient (Wildman–Crippen LogP) is 0.796. The van der Waals surface area contributed by atoms with E-state index in [-0.39, 0.29) is 12.1 Å². The third-order valence-corrected chi connectivity index (χ3v) is 4.28. The van der Waals surface area contributed by atoms with Gasteiger partial charge < -0.3 is 20.4 Å². The number of likely N-dealkylation sites (tertiary alicyclic amines) is 1. The van der Waals surface area contributed by atoms with E-state index in [9.17, 15) is 9.59 Å². The molecule has 2 amide bonds. The molecule has 108 valence electrons.